The number of ether oxygens (including phenoxy) is 3. The van der Waals surface area contributed by atoms with Crippen molar-refractivity contribution in [2.75, 3.05) is 19.8 Å². The minimum Gasteiger partial charge on any atom is -0.484 e. The van der Waals surface area contributed by atoms with Gasteiger partial charge in [0.15, 0.2) is 0 Å². The van der Waals surface area contributed by atoms with Crippen molar-refractivity contribution in [3.05, 3.63) is 47.4 Å². The molecule has 0 amide bonds. The number of pyridine rings is 1. The summed E-state index contributed by atoms with van der Waals surface area (Å²) < 4.78 is 19.1. The molecule has 1 atom stereocenters. The van der Waals surface area contributed by atoms with Crippen LogP contribution in [0.4, 0.5) is 0 Å². The molecule has 2 aliphatic heterocycles. The number of aromatic nitrogens is 4. The molecule has 3 aromatic rings. The summed E-state index contributed by atoms with van der Waals surface area (Å²) >= 11 is 0. The maximum atomic E-state index is 6.22. The fourth-order valence-corrected chi connectivity index (χ4v) is 4.79. The van der Waals surface area contributed by atoms with Gasteiger partial charge in [0.25, 0.3) is 0 Å². The zero-order chi connectivity index (χ0) is 21.4. The molecule has 4 heterocycles. The monoisotopic (exact) mass is 422 g/mol. The minimum absolute atomic E-state index is 0.168. The molecule has 1 aliphatic carbocycles. The first-order chi connectivity index (χ1) is 15.2. The number of hydrogen-bond donors (Lipinski definition) is 0. The molecule has 0 bridgehead atoms. The summed E-state index contributed by atoms with van der Waals surface area (Å²) in [6.45, 7) is 9.21. The van der Waals surface area contributed by atoms with E-state index < -0.39 is 0 Å². The van der Waals surface area contributed by atoms with Crippen LogP contribution in [0, 0.1) is 5.41 Å². The van der Waals surface area contributed by atoms with Crippen molar-refractivity contribution in [3.63, 3.8) is 0 Å². The van der Waals surface area contributed by atoms with Gasteiger partial charge >= 0.3 is 0 Å². The predicted octanol–water partition coefficient (Wildman–Crippen LogP) is 4.42. The molecule has 2 fully saturated rings. The molecule has 6 rings (SSSR count). The maximum absolute atomic E-state index is 6.22. The van der Waals surface area contributed by atoms with E-state index in [2.05, 4.69) is 21.4 Å². The Labute approximate surface area is 182 Å². The standard InChI is InChI=1S/C22H24N4O3.C2H6/c1-14(21-10-26(25-24-21)16-7-22(8-16)12-28-13-22)29-17-2-3-20-19(6-17)18-4-5-27-11-15(18)9-23-20;1-2/h2-3,6,9-10,14,16H,4-5,7-8,11-13H2,1H3;1-2H3. The molecule has 164 valence electrons. The van der Waals surface area contributed by atoms with Gasteiger partial charge in [0.2, 0.25) is 0 Å². The number of nitrogens with zero attached hydrogens (tertiary/aromatic N) is 4. The largest absolute Gasteiger partial charge is 0.484 e. The van der Waals surface area contributed by atoms with Gasteiger partial charge in [-0.1, -0.05) is 19.1 Å². The van der Waals surface area contributed by atoms with Gasteiger partial charge in [-0.05, 0) is 55.5 Å². The highest BCUT2D eigenvalue weighted by atomic mass is 16.5. The number of rotatable bonds is 4. The Morgan fingerprint density at radius 1 is 1.19 bits per heavy atom. The van der Waals surface area contributed by atoms with Crippen LogP contribution in [-0.2, 0) is 22.5 Å². The highest BCUT2D eigenvalue weighted by molar-refractivity contribution is 5.84. The molecule has 2 aromatic heterocycles. The van der Waals surface area contributed by atoms with E-state index >= 15 is 0 Å². The van der Waals surface area contributed by atoms with Crippen LogP contribution >= 0.6 is 0 Å². The van der Waals surface area contributed by atoms with Crippen LogP contribution in [0.15, 0.2) is 30.6 Å². The average molecular weight is 423 g/mol. The van der Waals surface area contributed by atoms with Crippen molar-refractivity contribution >= 4 is 10.9 Å². The third-order valence-electron chi connectivity index (χ3n) is 6.58. The van der Waals surface area contributed by atoms with Crippen molar-refractivity contribution in [2.24, 2.45) is 5.41 Å². The van der Waals surface area contributed by atoms with E-state index in [1.54, 1.807) is 0 Å². The molecular weight excluding hydrogens is 392 g/mol. The van der Waals surface area contributed by atoms with Crippen LogP contribution < -0.4 is 4.74 Å². The fraction of sp³-hybridized carbons (Fsp3) is 0.542. The topological polar surface area (TPSA) is 71.3 Å². The smallest absolute Gasteiger partial charge is 0.141 e. The summed E-state index contributed by atoms with van der Waals surface area (Å²) in [6, 6.07) is 6.54. The Bertz CT molecular complexity index is 1070. The highest BCUT2D eigenvalue weighted by Gasteiger charge is 2.50. The summed E-state index contributed by atoms with van der Waals surface area (Å²) in [5.74, 6) is 0.829. The lowest BCUT2D eigenvalue weighted by Crippen LogP contribution is -2.52. The van der Waals surface area contributed by atoms with Crippen LogP contribution in [0.25, 0.3) is 10.9 Å². The Hall–Kier alpha value is -2.51. The predicted molar refractivity (Wildman–Crippen MR) is 117 cm³/mol. The number of fused-ring (bicyclic) bond motifs is 3. The van der Waals surface area contributed by atoms with Crippen LogP contribution in [0.1, 0.15) is 62.6 Å². The van der Waals surface area contributed by atoms with Crippen LogP contribution in [0.3, 0.4) is 0 Å². The zero-order valence-corrected chi connectivity index (χ0v) is 18.5. The third kappa shape index (κ3) is 3.70. The molecule has 1 unspecified atom stereocenters. The molecular formula is C24H30N4O3. The Kier molecular flexibility index (Phi) is 5.40. The summed E-state index contributed by atoms with van der Waals surface area (Å²) in [4.78, 5) is 4.56. The molecule has 1 spiro atoms. The van der Waals surface area contributed by atoms with E-state index in [1.165, 1.54) is 11.1 Å². The molecule has 1 aromatic carbocycles. The average Bonchev–Trinajstić information content (AvgIpc) is 3.23. The zero-order valence-electron chi connectivity index (χ0n) is 18.5. The first-order valence-electron chi connectivity index (χ1n) is 11.3. The van der Waals surface area contributed by atoms with Gasteiger partial charge in [0, 0.05) is 17.0 Å². The summed E-state index contributed by atoms with van der Waals surface area (Å²) in [7, 11) is 0. The Balaban J connectivity index is 0.000000994. The molecule has 0 N–H and O–H groups in total. The minimum atomic E-state index is -0.168. The lowest BCUT2D eigenvalue weighted by Gasteiger charge is -2.52. The normalized spacial score (nSPS) is 20.2. The van der Waals surface area contributed by atoms with Crippen molar-refractivity contribution in [1.82, 2.24) is 20.0 Å². The molecule has 7 heteroatoms. The molecule has 0 radical (unpaired) electrons. The van der Waals surface area contributed by atoms with Crippen molar-refractivity contribution in [1.29, 1.82) is 0 Å². The molecule has 1 saturated carbocycles. The van der Waals surface area contributed by atoms with E-state index in [0.29, 0.717) is 18.1 Å². The van der Waals surface area contributed by atoms with Gasteiger partial charge in [0.05, 0.1) is 44.2 Å². The maximum Gasteiger partial charge on any atom is 0.141 e. The first-order valence-corrected chi connectivity index (χ1v) is 11.3. The van der Waals surface area contributed by atoms with E-state index in [1.807, 2.05) is 50.0 Å². The van der Waals surface area contributed by atoms with E-state index in [9.17, 15) is 0 Å². The van der Waals surface area contributed by atoms with Crippen molar-refractivity contribution in [3.8, 4) is 5.75 Å². The number of benzene rings is 1. The summed E-state index contributed by atoms with van der Waals surface area (Å²) in [5, 5.41) is 9.88. The van der Waals surface area contributed by atoms with Crippen LogP contribution in [-0.4, -0.2) is 39.8 Å². The third-order valence-corrected chi connectivity index (χ3v) is 6.58. The number of hydrogen-bond acceptors (Lipinski definition) is 6. The second-order valence-electron chi connectivity index (χ2n) is 8.68. The molecule has 7 nitrogen and oxygen atoms in total. The van der Waals surface area contributed by atoms with Gasteiger partial charge in [-0.2, -0.15) is 0 Å². The highest BCUT2D eigenvalue weighted by Crippen LogP contribution is 2.52. The van der Waals surface area contributed by atoms with Gasteiger partial charge in [-0.15, -0.1) is 5.10 Å². The molecule has 1 saturated heterocycles. The fourth-order valence-electron chi connectivity index (χ4n) is 4.79. The quantitative estimate of drug-likeness (QED) is 0.620. The Morgan fingerprint density at radius 3 is 2.81 bits per heavy atom. The Morgan fingerprint density at radius 2 is 2.03 bits per heavy atom. The SMILES string of the molecule is CC.CC(Oc1ccc2ncc3c(c2c1)CCOC3)c1cn(C2CC3(COC3)C2)nn1. The van der Waals surface area contributed by atoms with Crippen molar-refractivity contribution in [2.45, 2.75) is 58.8 Å². The molecule has 3 aliphatic rings. The summed E-state index contributed by atoms with van der Waals surface area (Å²) in [6.07, 6.45) is 6.98. The second kappa shape index (κ2) is 8.20. The van der Waals surface area contributed by atoms with Gasteiger partial charge < -0.3 is 14.2 Å². The lowest BCUT2D eigenvalue weighted by molar-refractivity contribution is -0.176. The summed E-state index contributed by atoms with van der Waals surface area (Å²) in [5.41, 5.74) is 4.77. The van der Waals surface area contributed by atoms with Gasteiger partial charge in [0.1, 0.15) is 17.5 Å². The van der Waals surface area contributed by atoms with Crippen LogP contribution in [0.2, 0.25) is 0 Å². The molecule has 31 heavy (non-hydrogen) atoms. The first kappa shape index (κ1) is 20.4. The van der Waals surface area contributed by atoms with Crippen LogP contribution in [0.5, 0.6) is 5.75 Å². The van der Waals surface area contributed by atoms with E-state index in [4.69, 9.17) is 14.2 Å². The van der Waals surface area contributed by atoms with Gasteiger partial charge in [-0.3, -0.25) is 4.98 Å². The van der Waals surface area contributed by atoms with E-state index in [0.717, 1.165) is 61.4 Å². The second-order valence-corrected chi connectivity index (χ2v) is 8.68. The lowest BCUT2D eigenvalue weighted by atomic mass is 9.64. The van der Waals surface area contributed by atoms with Crippen molar-refractivity contribution < 1.29 is 14.2 Å². The van der Waals surface area contributed by atoms with E-state index in [-0.39, 0.29) is 6.10 Å². The van der Waals surface area contributed by atoms with Gasteiger partial charge in [-0.25, -0.2) is 4.68 Å².